The molecule has 5 N–H and O–H groups in total. The molecular formula is C18H21FN5OP. The Morgan fingerprint density at radius 2 is 2.00 bits per heavy atom. The van der Waals surface area contributed by atoms with E-state index in [0.29, 0.717) is 39.1 Å². The van der Waals surface area contributed by atoms with Gasteiger partial charge in [0.1, 0.15) is 23.6 Å². The van der Waals surface area contributed by atoms with Crippen molar-refractivity contribution in [2.45, 2.75) is 20.8 Å². The first-order valence-electron chi connectivity index (χ1n) is 7.96. The Kier molecular flexibility index (Phi) is 4.96. The Morgan fingerprint density at radius 3 is 2.65 bits per heavy atom. The molecule has 6 nitrogen and oxygen atoms in total. The lowest BCUT2D eigenvalue weighted by Crippen LogP contribution is -2.30. The van der Waals surface area contributed by atoms with Gasteiger partial charge in [-0.2, -0.15) is 5.90 Å². The van der Waals surface area contributed by atoms with Crippen molar-refractivity contribution in [1.29, 1.82) is 0 Å². The van der Waals surface area contributed by atoms with Crippen LogP contribution in [0.15, 0.2) is 30.5 Å². The van der Waals surface area contributed by atoms with Crippen LogP contribution in [0.5, 0.6) is 0 Å². The maximum atomic E-state index is 14.5. The Morgan fingerprint density at radius 1 is 1.27 bits per heavy atom. The minimum absolute atomic E-state index is 0.385. The van der Waals surface area contributed by atoms with Gasteiger partial charge < -0.3 is 9.82 Å². The van der Waals surface area contributed by atoms with Crippen molar-refractivity contribution in [3.63, 3.8) is 0 Å². The highest BCUT2D eigenvalue weighted by atomic mass is 31.0. The average molecular weight is 373 g/mol. The SMILES string of the molecule is Cc1nc2c(/C(=C/ON)N(N)c3ccc(C)c(C)c3)cc(F)c(P)c2[nH]1. The molecule has 0 saturated heterocycles. The smallest absolute Gasteiger partial charge is 0.136 e. The second-order valence-corrected chi connectivity index (χ2v) is 6.72. The fraction of sp³-hybridized carbons (Fsp3) is 0.167. The van der Waals surface area contributed by atoms with E-state index in [-0.39, 0.29) is 0 Å². The van der Waals surface area contributed by atoms with Gasteiger partial charge in [0.2, 0.25) is 0 Å². The Hall–Kier alpha value is -2.47. The predicted octanol–water partition coefficient (Wildman–Crippen LogP) is 2.70. The van der Waals surface area contributed by atoms with Crippen molar-refractivity contribution in [3.8, 4) is 0 Å². The van der Waals surface area contributed by atoms with Crippen LogP contribution in [-0.2, 0) is 4.84 Å². The minimum Gasteiger partial charge on any atom is -0.417 e. The summed E-state index contributed by atoms with van der Waals surface area (Å²) < 4.78 is 14.5. The number of aromatic amines is 1. The van der Waals surface area contributed by atoms with Crippen LogP contribution >= 0.6 is 9.24 Å². The fourth-order valence-electron chi connectivity index (χ4n) is 2.80. The quantitative estimate of drug-likeness (QED) is 0.283. The van der Waals surface area contributed by atoms with Crippen molar-refractivity contribution in [2.75, 3.05) is 5.01 Å². The number of H-pyrrole nitrogens is 1. The monoisotopic (exact) mass is 373 g/mol. The molecule has 3 aromatic rings. The molecule has 0 bridgehead atoms. The number of fused-ring (bicyclic) bond motifs is 1. The molecule has 1 atom stereocenters. The molecule has 3 rings (SSSR count). The van der Waals surface area contributed by atoms with E-state index in [2.05, 4.69) is 19.2 Å². The molecule has 0 radical (unpaired) electrons. The third kappa shape index (κ3) is 3.17. The van der Waals surface area contributed by atoms with Crippen molar-refractivity contribution < 1.29 is 9.23 Å². The van der Waals surface area contributed by atoms with E-state index in [9.17, 15) is 4.39 Å². The van der Waals surface area contributed by atoms with E-state index in [1.54, 1.807) is 6.92 Å². The van der Waals surface area contributed by atoms with E-state index in [1.807, 2.05) is 32.0 Å². The Balaban J connectivity index is 2.20. The third-order valence-corrected chi connectivity index (χ3v) is 4.92. The number of hydrogen-bond donors (Lipinski definition) is 3. The normalized spacial score (nSPS) is 11.9. The zero-order valence-electron chi connectivity index (χ0n) is 14.8. The van der Waals surface area contributed by atoms with E-state index >= 15 is 0 Å². The van der Waals surface area contributed by atoms with Crippen LogP contribution in [0.25, 0.3) is 16.7 Å². The van der Waals surface area contributed by atoms with Crippen LogP contribution in [0, 0.1) is 26.6 Å². The van der Waals surface area contributed by atoms with Crippen LogP contribution in [0.4, 0.5) is 10.1 Å². The predicted molar refractivity (Wildman–Crippen MR) is 106 cm³/mol. The zero-order chi connectivity index (χ0) is 19.0. The molecule has 26 heavy (non-hydrogen) atoms. The van der Waals surface area contributed by atoms with Crippen molar-refractivity contribution in [3.05, 3.63) is 58.9 Å². The Labute approximate surface area is 153 Å². The number of nitrogens with two attached hydrogens (primary N) is 2. The highest BCUT2D eigenvalue weighted by molar-refractivity contribution is 7.28. The number of anilines is 1. The van der Waals surface area contributed by atoms with Gasteiger partial charge in [0.05, 0.1) is 16.7 Å². The summed E-state index contributed by atoms with van der Waals surface area (Å²) in [7, 11) is 2.39. The molecule has 136 valence electrons. The number of nitrogens with one attached hydrogen (secondary N) is 1. The van der Waals surface area contributed by atoms with Gasteiger partial charge in [-0.25, -0.2) is 15.2 Å². The van der Waals surface area contributed by atoms with Crippen LogP contribution in [-0.4, -0.2) is 9.97 Å². The molecule has 0 fully saturated rings. The summed E-state index contributed by atoms with van der Waals surface area (Å²) in [5.41, 5.74) is 4.96. The number of halogens is 1. The summed E-state index contributed by atoms with van der Waals surface area (Å²) >= 11 is 0. The Bertz CT molecular complexity index is 1010. The van der Waals surface area contributed by atoms with E-state index in [0.717, 1.165) is 11.1 Å². The first-order valence-corrected chi connectivity index (χ1v) is 8.53. The molecule has 0 spiro atoms. The first-order chi connectivity index (χ1) is 12.3. The molecular weight excluding hydrogens is 352 g/mol. The number of aromatic nitrogens is 2. The second-order valence-electron chi connectivity index (χ2n) is 6.14. The summed E-state index contributed by atoms with van der Waals surface area (Å²) in [6, 6.07) is 7.15. The summed E-state index contributed by atoms with van der Waals surface area (Å²) in [4.78, 5) is 12.3. The topological polar surface area (TPSA) is 93.2 Å². The van der Waals surface area contributed by atoms with Crippen molar-refractivity contribution in [2.24, 2.45) is 11.7 Å². The van der Waals surface area contributed by atoms with Crippen LogP contribution < -0.4 is 22.1 Å². The van der Waals surface area contributed by atoms with Crippen molar-refractivity contribution >= 4 is 37.0 Å². The molecule has 1 heterocycles. The fourth-order valence-corrected chi connectivity index (χ4v) is 3.09. The number of nitrogens with zero attached hydrogens (tertiary/aromatic N) is 2. The van der Waals surface area contributed by atoms with Crippen LogP contribution in [0.1, 0.15) is 22.5 Å². The molecule has 0 aliphatic heterocycles. The number of rotatable bonds is 4. The van der Waals surface area contributed by atoms with E-state index in [1.165, 1.54) is 17.3 Å². The number of imidazole rings is 1. The summed E-state index contributed by atoms with van der Waals surface area (Å²) in [6.45, 7) is 5.81. The summed E-state index contributed by atoms with van der Waals surface area (Å²) in [5, 5.41) is 1.81. The van der Waals surface area contributed by atoms with Gasteiger partial charge >= 0.3 is 0 Å². The van der Waals surface area contributed by atoms with Gasteiger partial charge in [-0.05, 0) is 50.1 Å². The summed E-state index contributed by atoms with van der Waals surface area (Å²) in [5.74, 6) is 11.9. The number of aryl methyl sites for hydroxylation is 3. The lowest BCUT2D eigenvalue weighted by Gasteiger charge is -2.23. The standard InChI is InChI=1S/C18H21FN5OP/c1-9-4-5-12(6-10(9)2)24(20)15(8-25-21)13-7-14(19)18(26)17-16(13)22-11(3)23-17/h4-8H,20-21,26H2,1-3H3,(H,22,23)/b15-8-. The van der Waals surface area contributed by atoms with Gasteiger partial charge in [-0.1, -0.05) is 6.07 Å². The molecule has 0 aliphatic rings. The maximum absolute atomic E-state index is 14.5. The van der Waals surface area contributed by atoms with Gasteiger partial charge in [0, 0.05) is 10.9 Å². The molecule has 1 aromatic heterocycles. The molecule has 0 amide bonds. The number of hydrazine groups is 1. The molecule has 0 aliphatic carbocycles. The lowest BCUT2D eigenvalue weighted by atomic mass is 10.1. The highest BCUT2D eigenvalue weighted by Gasteiger charge is 2.20. The number of hydrogen-bond acceptors (Lipinski definition) is 5. The zero-order valence-corrected chi connectivity index (χ0v) is 16.0. The lowest BCUT2D eigenvalue weighted by molar-refractivity contribution is 0.262. The molecule has 1 unspecified atom stereocenters. The first kappa shape index (κ1) is 18.3. The largest absolute Gasteiger partial charge is 0.417 e. The molecule has 0 saturated carbocycles. The highest BCUT2D eigenvalue weighted by Crippen LogP contribution is 2.30. The van der Waals surface area contributed by atoms with Crippen molar-refractivity contribution in [1.82, 2.24) is 9.97 Å². The number of benzene rings is 2. The van der Waals surface area contributed by atoms with Gasteiger partial charge in [0.15, 0.2) is 0 Å². The molecule has 8 heteroatoms. The molecule has 2 aromatic carbocycles. The second kappa shape index (κ2) is 7.03. The maximum Gasteiger partial charge on any atom is 0.136 e. The minimum atomic E-state index is -0.405. The summed E-state index contributed by atoms with van der Waals surface area (Å²) in [6.07, 6.45) is 1.27. The third-order valence-electron chi connectivity index (χ3n) is 4.36. The average Bonchev–Trinajstić information content (AvgIpc) is 3.00. The van der Waals surface area contributed by atoms with Crippen LogP contribution in [0.2, 0.25) is 0 Å². The van der Waals surface area contributed by atoms with E-state index < -0.39 is 5.82 Å². The van der Waals surface area contributed by atoms with E-state index in [4.69, 9.17) is 16.6 Å². The van der Waals surface area contributed by atoms with Gasteiger partial charge in [-0.3, -0.25) is 5.01 Å². The van der Waals surface area contributed by atoms with Gasteiger partial charge in [-0.15, -0.1) is 9.24 Å². The van der Waals surface area contributed by atoms with Gasteiger partial charge in [0.25, 0.3) is 0 Å². The van der Waals surface area contributed by atoms with Crippen LogP contribution in [0.3, 0.4) is 0 Å².